The predicted octanol–water partition coefficient (Wildman–Crippen LogP) is 2.90. The van der Waals surface area contributed by atoms with Gasteiger partial charge in [0, 0.05) is 24.7 Å². The number of benzene rings is 1. The van der Waals surface area contributed by atoms with E-state index in [4.69, 9.17) is 9.47 Å². The zero-order valence-electron chi connectivity index (χ0n) is 13.7. The third kappa shape index (κ3) is 4.78. The monoisotopic (exact) mass is 357 g/mol. The molecule has 1 unspecified atom stereocenters. The largest absolute Gasteiger partial charge is 0.444 e. The van der Waals surface area contributed by atoms with E-state index in [0.717, 1.165) is 5.56 Å². The fourth-order valence-electron chi connectivity index (χ4n) is 2.53. The van der Waals surface area contributed by atoms with Gasteiger partial charge in [-0.15, -0.1) is 0 Å². The Kier molecular flexibility index (Phi) is 5.98. The van der Waals surface area contributed by atoms with Crippen LogP contribution in [-0.2, 0) is 19.1 Å². The van der Waals surface area contributed by atoms with Crippen LogP contribution in [0.25, 0.3) is 6.08 Å². The molecule has 0 spiro atoms. The third-order valence-electron chi connectivity index (χ3n) is 3.84. The molecule has 6 heteroatoms. The Bertz CT molecular complexity index is 721. The molecule has 3 rings (SSSR count). The standard InChI is InChI=1S/C19H19NO4S/c21-17(7-6-15-8-13-25-14-15)24-18(16-4-2-1-3-5-16)19(22)20-9-11-23-12-10-20/h1-8,13-14,18H,9-12H2/b7-6+. The van der Waals surface area contributed by atoms with E-state index in [0.29, 0.717) is 31.9 Å². The van der Waals surface area contributed by atoms with E-state index >= 15 is 0 Å². The van der Waals surface area contributed by atoms with E-state index in [-0.39, 0.29) is 5.91 Å². The minimum atomic E-state index is -0.945. The molecule has 1 amide bonds. The van der Waals surface area contributed by atoms with E-state index < -0.39 is 12.1 Å². The first-order valence-corrected chi connectivity index (χ1v) is 9.01. The van der Waals surface area contributed by atoms with Gasteiger partial charge in [-0.1, -0.05) is 30.3 Å². The Balaban J connectivity index is 1.74. The first-order valence-electron chi connectivity index (χ1n) is 8.06. The minimum absolute atomic E-state index is 0.216. The van der Waals surface area contributed by atoms with E-state index in [1.165, 1.54) is 6.08 Å². The van der Waals surface area contributed by atoms with Crippen LogP contribution >= 0.6 is 11.3 Å². The predicted molar refractivity (Wildman–Crippen MR) is 96.0 cm³/mol. The van der Waals surface area contributed by atoms with Crippen LogP contribution in [0, 0.1) is 0 Å². The Labute approximate surface area is 150 Å². The second-order valence-corrected chi connectivity index (χ2v) is 6.34. The van der Waals surface area contributed by atoms with Gasteiger partial charge >= 0.3 is 5.97 Å². The van der Waals surface area contributed by atoms with Crippen molar-refractivity contribution in [3.8, 4) is 0 Å². The summed E-state index contributed by atoms with van der Waals surface area (Å²) in [5, 5.41) is 3.86. The molecule has 1 atom stereocenters. The molecule has 25 heavy (non-hydrogen) atoms. The van der Waals surface area contributed by atoms with Gasteiger partial charge < -0.3 is 14.4 Å². The maximum absolute atomic E-state index is 12.8. The molecule has 1 aliphatic heterocycles. The van der Waals surface area contributed by atoms with Crippen molar-refractivity contribution in [1.29, 1.82) is 0 Å². The van der Waals surface area contributed by atoms with Crippen molar-refractivity contribution in [2.24, 2.45) is 0 Å². The van der Waals surface area contributed by atoms with Crippen molar-refractivity contribution in [3.63, 3.8) is 0 Å². The van der Waals surface area contributed by atoms with E-state index in [1.54, 1.807) is 34.4 Å². The molecule has 0 radical (unpaired) electrons. The van der Waals surface area contributed by atoms with Crippen LogP contribution in [0.4, 0.5) is 0 Å². The van der Waals surface area contributed by atoms with Crippen LogP contribution in [0.15, 0.2) is 53.2 Å². The van der Waals surface area contributed by atoms with Crippen LogP contribution in [0.1, 0.15) is 17.2 Å². The number of ether oxygens (including phenoxy) is 2. The second kappa shape index (κ2) is 8.60. The summed E-state index contributed by atoms with van der Waals surface area (Å²) in [6.45, 7) is 2.01. The second-order valence-electron chi connectivity index (χ2n) is 5.56. The number of hydrogen-bond acceptors (Lipinski definition) is 5. The molecular formula is C19H19NO4S. The normalized spacial score (nSPS) is 15.9. The summed E-state index contributed by atoms with van der Waals surface area (Å²) in [5.41, 5.74) is 1.59. The maximum Gasteiger partial charge on any atom is 0.331 e. The summed E-state index contributed by atoms with van der Waals surface area (Å²) in [7, 11) is 0. The number of carbonyl (C=O) groups excluding carboxylic acids is 2. The Hall–Kier alpha value is -2.44. The summed E-state index contributed by atoms with van der Waals surface area (Å²) >= 11 is 1.55. The number of rotatable bonds is 5. The lowest BCUT2D eigenvalue weighted by molar-refractivity contribution is -0.159. The van der Waals surface area contributed by atoms with Crippen molar-refractivity contribution in [1.82, 2.24) is 4.90 Å². The van der Waals surface area contributed by atoms with Gasteiger partial charge in [-0.2, -0.15) is 11.3 Å². The molecule has 130 valence electrons. The van der Waals surface area contributed by atoms with Gasteiger partial charge in [-0.25, -0.2) is 4.79 Å². The highest BCUT2D eigenvalue weighted by molar-refractivity contribution is 7.08. The summed E-state index contributed by atoms with van der Waals surface area (Å²) in [6.07, 6.45) is 2.09. The number of hydrogen-bond donors (Lipinski definition) is 0. The van der Waals surface area contributed by atoms with Gasteiger partial charge in [-0.3, -0.25) is 4.79 Å². The van der Waals surface area contributed by atoms with Crippen molar-refractivity contribution in [3.05, 3.63) is 64.4 Å². The van der Waals surface area contributed by atoms with Gasteiger partial charge in [0.25, 0.3) is 5.91 Å². The molecular weight excluding hydrogens is 338 g/mol. The first-order chi connectivity index (χ1) is 12.2. The smallest absolute Gasteiger partial charge is 0.331 e. The van der Waals surface area contributed by atoms with Gasteiger partial charge in [0.15, 0.2) is 0 Å². The highest BCUT2D eigenvalue weighted by Gasteiger charge is 2.29. The SMILES string of the molecule is O=C(/C=C/c1ccsc1)OC(C(=O)N1CCOCC1)c1ccccc1. The van der Waals surface area contributed by atoms with Gasteiger partial charge in [0.1, 0.15) is 0 Å². The summed E-state index contributed by atoms with van der Waals surface area (Å²) in [6, 6.07) is 11.0. The average Bonchev–Trinajstić information content (AvgIpc) is 3.19. The van der Waals surface area contributed by atoms with E-state index in [1.807, 2.05) is 35.0 Å². The van der Waals surface area contributed by atoms with Gasteiger partial charge in [0.2, 0.25) is 6.10 Å². The van der Waals surface area contributed by atoms with Crippen LogP contribution < -0.4 is 0 Å². The molecule has 1 aromatic carbocycles. The molecule has 1 aromatic heterocycles. The number of amides is 1. The number of morpholine rings is 1. The lowest BCUT2D eigenvalue weighted by atomic mass is 10.1. The van der Waals surface area contributed by atoms with Crippen molar-refractivity contribution < 1.29 is 19.1 Å². The lowest BCUT2D eigenvalue weighted by Gasteiger charge is -2.30. The van der Waals surface area contributed by atoms with Crippen LogP contribution in [0.3, 0.4) is 0 Å². The van der Waals surface area contributed by atoms with Crippen LogP contribution in [0.5, 0.6) is 0 Å². The van der Waals surface area contributed by atoms with Crippen LogP contribution in [-0.4, -0.2) is 43.1 Å². The number of nitrogens with zero attached hydrogens (tertiary/aromatic N) is 1. The molecule has 0 aliphatic carbocycles. The number of esters is 1. The Morgan fingerprint density at radius 2 is 1.92 bits per heavy atom. The molecule has 1 aliphatic rings. The first kappa shape index (κ1) is 17.4. The van der Waals surface area contributed by atoms with Gasteiger partial charge in [-0.05, 0) is 28.5 Å². The average molecular weight is 357 g/mol. The molecule has 2 aromatic rings. The van der Waals surface area contributed by atoms with Crippen molar-refractivity contribution in [2.45, 2.75) is 6.10 Å². The molecule has 5 nitrogen and oxygen atoms in total. The molecule has 1 saturated heterocycles. The highest BCUT2D eigenvalue weighted by atomic mass is 32.1. The molecule has 0 bridgehead atoms. The highest BCUT2D eigenvalue weighted by Crippen LogP contribution is 2.21. The topological polar surface area (TPSA) is 55.8 Å². The zero-order chi connectivity index (χ0) is 17.5. The zero-order valence-corrected chi connectivity index (χ0v) is 14.5. The van der Waals surface area contributed by atoms with Gasteiger partial charge in [0.05, 0.1) is 13.2 Å². The van der Waals surface area contributed by atoms with E-state index in [9.17, 15) is 9.59 Å². The Morgan fingerprint density at radius 1 is 1.16 bits per heavy atom. The number of thiophene rings is 1. The quantitative estimate of drug-likeness (QED) is 0.610. The summed E-state index contributed by atoms with van der Waals surface area (Å²) < 4.78 is 10.8. The minimum Gasteiger partial charge on any atom is -0.444 e. The Morgan fingerprint density at radius 3 is 2.60 bits per heavy atom. The fraction of sp³-hybridized carbons (Fsp3) is 0.263. The molecule has 0 N–H and O–H groups in total. The lowest BCUT2D eigenvalue weighted by Crippen LogP contribution is -2.44. The molecule has 0 saturated carbocycles. The van der Waals surface area contributed by atoms with E-state index in [2.05, 4.69) is 0 Å². The molecule has 2 heterocycles. The van der Waals surface area contributed by atoms with Crippen molar-refractivity contribution in [2.75, 3.05) is 26.3 Å². The fourth-order valence-corrected chi connectivity index (χ4v) is 3.16. The summed E-state index contributed by atoms with van der Waals surface area (Å²) in [4.78, 5) is 26.7. The maximum atomic E-state index is 12.8. The number of carbonyl (C=O) groups is 2. The van der Waals surface area contributed by atoms with Crippen molar-refractivity contribution >= 4 is 29.3 Å². The van der Waals surface area contributed by atoms with Crippen LogP contribution in [0.2, 0.25) is 0 Å². The summed E-state index contributed by atoms with van der Waals surface area (Å²) in [5.74, 6) is -0.756. The third-order valence-corrected chi connectivity index (χ3v) is 4.54. The molecule has 1 fully saturated rings.